The van der Waals surface area contributed by atoms with Crippen LogP contribution in [0.1, 0.15) is 22.5 Å². The molecule has 0 saturated carbocycles. The number of imidazole rings is 1. The number of nitrogens with zero attached hydrogens (tertiary/aromatic N) is 5. The summed E-state index contributed by atoms with van der Waals surface area (Å²) in [6.07, 6.45) is 10.3. The van der Waals surface area contributed by atoms with Crippen molar-refractivity contribution in [2.75, 3.05) is 0 Å². The Bertz CT molecular complexity index is 1160. The van der Waals surface area contributed by atoms with Crippen molar-refractivity contribution in [3.63, 3.8) is 0 Å². The first-order chi connectivity index (χ1) is 14.6. The molecule has 150 valence electrons. The van der Waals surface area contributed by atoms with Gasteiger partial charge in [-0.3, -0.25) is 9.36 Å². The number of aromatic nitrogens is 5. The van der Waals surface area contributed by atoms with E-state index in [2.05, 4.69) is 20.4 Å². The quantitative estimate of drug-likeness (QED) is 0.505. The lowest BCUT2D eigenvalue weighted by molar-refractivity contribution is -0.116. The molecule has 0 aliphatic rings. The molecule has 1 amide bonds. The lowest BCUT2D eigenvalue weighted by Gasteiger charge is -2.05. The molecule has 3 heterocycles. The second-order valence-electron chi connectivity index (χ2n) is 6.88. The van der Waals surface area contributed by atoms with Crippen LogP contribution in [0, 0.1) is 13.8 Å². The number of aryl methyl sites for hydroxylation is 1. The topological polar surface area (TPSA) is 77.6 Å². The van der Waals surface area contributed by atoms with Gasteiger partial charge in [-0.05, 0) is 43.7 Å². The Morgan fingerprint density at radius 1 is 1.13 bits per heavy atom. The van der Waals surface area contributed by atoms with E-state index in [4.69, 9.17) is 0 Å². The van der Waals surface area contributed by atoms with Crippen molar-refractivity contribution in [3.8, 4) is 11.5 Å². The van der Waals surface area contributed by atoms with E-state index >= 15 is 0 Å². The fourth-order valence-corrected chi connectivity index (χ4v) is 3.19. The summed E-state index contributed by atoms with van der Waals surface area (Å²) >= 11 is 0. The van der Waals surface area contributed by atoms with Gasteiger partial charge in [0.1, 0.15) is 12.1 Å². The summed E-state index contributed by atoms with van der Waals surface area (Å²) in [6, 6.07) is 13.8. The molecule has 7 nitrogen and oxygen atoms in total. The molecular formula is C23H22N6O. The van der Waals surface area contributed by atoms with Crippen LogP contribution >= 0.6 is 0 Å². The highest BCUT2D eigenvalue weighted by Gasteiger charge is 2.10. The molecule has 4 aromatic rings. The van der Waals surface area contributed by atoms with Gasteiger partial charge in [0.05, 0.1) is 11.4 Å². The monoisotopic (exact) mass is 398 g/mol. The third-order valence-electron chi connectivity index (χ3n) is 4.79. The van der Waals surface area contributed by atoms with Crippen LogP contribution in [0.5, 0.6) is 0 Å². The Morgan fingerprint density at radius 2 is 1.97 bits per heavy atom. The fourth-order valence-electron chi connectivity index (χ4n) is 3.19. The van der Waals surface area contributed by atoms with E-state index in [1.165, 1.54) is 0 Å². The summed E-state index contributed by atoms with van der Waals surface area (Å²) in [5.74, 6) is 0.615. The van der Waals surface area contributed by atoms with Crippen molar-refractivity contribution in [2.24, 2.45) is 0 Å². The molecule has 30 heavy (non-hydrogen) atoms. The fraction of sp³-hybridized carbons (Fsp3) is 0.130. The Hall–Kier alpha value is -4.00. The number of hydrogen-bond donors (Lipinski definition) is 1. The second-order valence-corrected chi connectivity index (χ2v) is 6.88. The van der Waals surface area contributed by atoms with E-state index in [-0.39, 0.29) is 5.91 Å². The van der Waals surface area contributed by atoms with Crippen molar-refractivity contribution in [3.05, 3.63) is 96.0 Å². The van der Waals surface area contributed by atoms with Gasteiger partial charge < -0.3 is 5.32 Å². The van der Waals surface area contributed by atoms with Gasteiger partial charge in [0.25, 0.3) is 0 Å². The number of para-hydroxylation sites is 1. The number of amides is 1. The number of rotatable bonds is 6. The van der Waals surface area contributed by atoms with E-state index in [9.17, 15) is 4.79 Å². The zero-order chi connectivity index (χ0) is 20.9. The zero-order valence-electron chi connectivity index (χ0n) is 16.9. The van der Waals surface area contributed by atoms with Crippen molar-refractivity contribution in [1.82, 2.24) is 29.6 Å². The Labute approximate surface area is 174 Å². The number of benzene rings is 1. The van der Waals surface area contributed by atoms with E-state index in [0.717, 1.165) is 34.0 Å². The highest BCUT2D eigenvalue weighted by atomic mass is 16.1. The van der Waals surface area contributed by atoms with Gasteiger partial charge in [0.15, 0.2) is 0 Å². The van der Waals surface area contributed by atoms with Crippen LogP contribution < -0.4 is 5.32 Å². The summed E-state index contributed by atoms with van der Waals surface area (Å²) in [5, 5.41) is 7.49. The molecule has 0 spiro atoms. The minimum atomic E-state index is -0.167. The maximum atomic E-state index is 12.3. The number of nitrogens with one attached hydrogen (secondary N) is 1. The van der Waals surface area contributed by atoms with Crippen molar-refractivity contribution < 1.29 is 4.79 Å². The maximum absolute atomic E-state index is 12.3. The highest BCUT2D eigenvalue weighted by molar-refractivity contribution is 5.92. The molecule has 1 N–H and O–H groups in total. The Balaban J connectivity index is 1.39. The molecule has 0 radical (unpaired) electrons. The molecule has 7 heteroatoms. The SMILES string of the molecule is Cc1nn(-c2ccccc2)c(C)c1/C=C/C(=O)NCc1ccc(-n2ccnc2)nc1. The molecule has 4 rings (SSSR count). The maximum Gasteiger partial charge on any atom is 0.244 e. The summed E-state index contributed by atoms with van der Waals surface area (Å²) < 4.78 is 3.71. The first-order valence-electron chi connectivity index (χ1n) is 9.62. The molecule has 0 atom stereocenters. The average molecular weight is 398 g/mol. The molecule has 0 aliphatic heterocycles. The molecular weight excluding hydrogens is 376 g/mol. The van der Waals surface area contributed by atoms with Gasteiger partial charge in [-0.1, -0.05) is 24.3 Å². The number of carbonyl (C=O) groups excluding carboxylic acids is 1. The van der Waals surface area contributed by atoms with E-state index in [0.29, 0.717) is 6.54 Å². The van der Waals surface area contributed by atoms with Gasteiger partial charge in [-0.15, -0.1) is 0 Å². The second kappa shape index (κ2) is 8.57. The summed E-state index contributed by atoms with van der Waals surface area (Å²) in [7, 11) is 0. The van der Waals surface area contributed by atoms with Crippen molar-refractivity contribution in [2.45, 2.75) is 20.4 Å². The van der Waals surface area contributed by atoms with Gasteiger partial charge in [-0.2, -0.15) is 5.10 Å². The smallest absolute Gasteiger partial charge is 0.244 e. The van der Waals surface area contributed by atoms with Crippen LogP contribution in [-0.2, 0) is 11.3 Å². The van der Waals surface area contributed by atoms with Crippen molar-refractivity contribution >= 4 is 12.0 Å². The third-order valence-corrected chi connectivity index (χ3v) is 4.79. The van der Waals surface area contributed by atoms with Crippen LogP contribution in [0.2, 0.25) is 0 Å². The normalized spacial score (nSPS) is 11.1. The highest BCUT2D eigenvalue weighted by Crippen LogP contribution is 2.19. The predicted molar refractivity (Wildman–Crippen MR) is 115 cm³/mol. The van der Waals surface area contributed by atoms with Gasteiger partial charge in [-0.25, -0.2) is 14.6 Å². The first-order valence-corrected chi connectivity index (χ1v) is 9.62. The van der Waals surface area contributed by atoms with Gasteiger partial charge in [0, 0.05) is 42.5 Å². The standard InChI is InChI=1S/C23H22N6O/c1-17-21(18(2)29(27-17)20-6-4-3-5-7-20)9-11-23(30)26-15-19-8-10-22(25-14-19)28-13-12-24-16-28/h3-14,16H,15H2,1-2H3,(H,26,30)/b11-9+. The van der Waals surface area contributed by atoms with E-state index in [1.807, 2.05) is 77.8 Å². The van der Waals surface area contributed by atoms with Crippen LogP contribution in [0.3, 0.4) is 0 Å². The minimum Gasteiger partial charge on any atom is -0.348 e. The third kappa shape index (κ3) is 4.20. The zero-order valence-corrected chi connectivity index (χ0v) is 16.9. The summed E-state index contributed by atoms with van der Waals surface area (Å²) in [4.78, 5) is 20.7. The average Bonchev–Trinajstić information content (AvgIpc) is 3.40. The number of carbonyl (C=O) groups is 1. The first kappa shape index (κ1) is 19.3. The van der Waals surface area contributed by atoms with E-state index in [1.54, 1.807) is 24.8 Å². The molecule has 1 aromatic carbocycles. The predicted octanol–water partition coefficient (Wildman–Crippen LogP) is 3.40. The molecule has 0 bridgehead atoms. The molecule has 0 aliphatic carbocycles. The minimum absolute atomic E-state index is 0.167. The summed E-state index contributed by atoms with van der Waals surface area (Å²) in [5.41, 5.74) is 4.72. The Kier molecular flexibility index (Phi) is 5.52. The Morgan fingerprint density at radius 3 is 2.67 bits per heavy atom. The lowest BCUT2D eigenvalue weighted by atomic mass is 10.2. The van der Waals surface area contributed by atoms with Crippen LogP contribution in [0.25, 0.3) is 17.6 Å². The molecule has 0 saturated heterocycles. The van der Waals surface area contributed by atoms with Crippen molar-refractivity contribution in [1.29, 1.82) is 0 Å². The lowest BCUT2D eigenvalue weighted by Crippen LogP contribution is -2.20. The van der Waals surface area contributed by atoms with Crippen LogP contribution in [0.15, 0.2) is 73.5 Å². The van der Waals surface area contributed by atoms with Crippen LogP contribution in [-0.4, -0.2) is 30.2 Å². The van der Waals surface area contributed by atoms with Gasteiger partial charge >= 0.3 is 0 Å². The summed E-state index contributed by atoms with van der Waals surface area (Å²) in [6.45, 7) is 4.34. The molecule has 0 fully saturated rings. The van der Waals surface area contributed by atoms with E-state index < -0.39 is 0 Å². The molecule has 0 unspecified atom stereocenters. The number of pyridine rings is 1. The van der Waals surface area contributed by atoms with Gasteiger partial charge in [0.2, 0.25) is 5.91 Å². The largest absolute Gasteiger partial charge is 0.348 e. The number of hydrogen-bond acceptors (Lipinski definition) is 4. The van der Waals surface area contributed by atoms with Crippen LogP contribution in [0.4, 0.5) is 0 Å². The molecule has 3 aromatic heterocycles.